The van der Waals surface area contributed by atoms with Gasteiger partial charge in [0.2, 0.25) is 0 Å². The maximum absolute atomic E-state index is 12.1. The van der Waals surface area contributed by atoms with E-state index < -0.39 is 12.8 Å². The summed E-state index contributed by atoms with van der Waals surface area (Å²) in [6, 6.07) is 7.61. The molecule has 0 amide bonds. The van der Waals surface area contributed by atoms with Gasteiger partial charge in [0, 0.05) is 19.6 Å². The zero-order valence-electron chi connectivity index (χ0n) is 18.4. The summed E-state index contributed by atoms with van der Waals surface area (Å²) in [6.45, 7) is 9.05. The third-order valence-corrected chi connectivity index (χ3v) is 4.63. The average molecular weight is 544 g/mol. The van der Waals surface area contributed by atoms with E-state index in [0.29, 0.717) is 18.2 Å². The second-order valence-corrected chi connectivity index (χ2v) is 7.06. The van der Waals surface area contributed by atoms with Gasteiger partial charge < -0.3 is 20.3 Å². The number of hydrogen-bond acceptors (Lipinski definition) is 3. The van der Waals surface area contributed by atoms with Crippen LogP contribution in [0.5, 0.6) is 0 Å². The molecule has 1 aromatic rings. The number of guanidine groups is 1. The van der Waals surface area contributed by atoms with Gasteiger partial charge in [0.25, 0.3) is 0 Å². The lowest BCUT2D eigenvalue weighted by molar-refractivity contribution is -0.176. The minimum absolute atomic E-state index is 0. The molecule has 0 aliphatic carbocycles. The van der Waals surface area contributed by atoms with Crippen LogP contribution in [-0.2, 0) is 17.9 Å². The molecule has 0 aliphatic rings. The molecule has 1 aromatic carbocycles. The van der Waals surface area contributed by atoms with E-state index in [1.54, 1.807) is 19.2 Å². The largest absolute Gasteiger partial charge is 0.411 e. The first-order chi connectivity index (χ1) is 13.8. The van der Waals surface area contributed by atoms with Crippen molar-refractivity contribution in [2.24, 2.45) is 4.99 Å². The lowest BCUT2D eigenvalue weighted by atomic mass is 10.1. The average Bonchev–Trinajstić information content (AvgIpc) is 2.68. The molecule has 0 radical (unpaired) electrons. The predicted molar refractivity (Wildman–Crippen MR) is 127 cm³/mol. The number of halogens is 4. The van der Waals surface area contributed by atoms with Gasteiger partial charge in [-0.1, -0.05) is 38.1 Å². The molecular formula is C21H36F3IN4O. The minimum Gasteiger partial charge on any atom is -0.367 e. The Bertz CT molecular complexity index is 593. The molecule has 9 heteroatoms. The number of rotatable bonds is 12. The maximum atomic E-state index is 12.1. The summed E-state index contributed by atoms with van der Waals surface area (Å²) in [5.74, 6) is 0.734. The highest BCUT2D eigenvalue weighted by Gasteiger charge is 2.27. The summed E-state index contributed by atoms with van der Waals surface area (Å²) in [6.07, 6.45) is -2.11. The van der Waals surface area contributed by atoms with Gasteiger partial charge in [0.15, 0.2) is 5.96 Å². The second-order valence-electron chi connectivity index (χ2n) is 7.06. The van der Waals surface area contributed by atoms with Crippen LogP contribution in [0.2, 0.25) is 0 Å². The van der Waals surface area contributed by atoms with E-state index in [2.05, 4.69) is 46.0 Å². The molecule has 0 fully saturated rings. The van der Waals surface area contributed by atoms with Crippen LogP contribution >= 0.6 is 24.0 Å². The Morgan fingerprint density at radius 1 is 1.13 bits per heavy atom. The third-order valence-electron chi connectivity index (χ3n) is 4.63. The van der Waals surface area contributed by atoms with E-state index in [9.17, 15) is 13.2 Å². The Kier molecular flexibility index (Phi) is 15.1. The highest BCUT2D eigenvalue weighted by molar-refractivity contribution is 14.0. The number of aliphatic imine (C=N–C) groups is 1. The Morgan fingerprint density at radius 3 is 2.27 bits per heavy atom. The SMILES string of the molecule is CCN(CC)CCCC(C)NC(=NC)NCc1ccc(COCC(F)(F)F)cc1.I. The van der Waals surface area contributed by atoms with E-state index in [1.165, 1.54) is 0 Å². The van der Waals surface area contributed by atoms with Crippen LogP contribution in [-0.4, -0.2) is 56.4 Å². The first-order valence-electron chi connectivity index (χ1n) is 10.2. The molecule has 30 heavy (non-hydrogen) atoms. The van der Waals surface area contributed by atoms with E-state index in [-0.39, 0.29) is 30.6 Å². The maximum Gasteiger partial charge on any atom is 0.411 e. The van der Waals surface area contributed by atoms with E-state index in [1.807, 2.05) is 12.1 Å². The fraction of sp³-hybridized carbons (Fsp3) is 0.667. The molecule has 0 aromatic heterocycles. The summed E-state index contributed by atoms with van der Waals surface area (Å²) < 4.78 is 41.0. The molecule has 0 aliphatic heterocycles. The van der Waals surface area contributed by atoms with Gasteiger partial charge in [-0.3, -0.25) is 4.99 Å². The van der Waals surface area contributed by atoms with Gasteiger partial charge in [0.1, 0.15) is 6.61 Å². The van der Waals surface area contributed by atoms with Crippen LogP contribution in [0.3, 0.4) is 0 Å². The Morgan fingerprint density at radius 2 is 1.73 bits per heavy atom. The molecule has 2 N–H and O–H groups in total. The van der Waals surface area contributed by atoms with Crippen LogP contribution in [0, 0.1) is 0 Å². The summed E-state index contributed by atoms with van der Waals surface area (Å²) in [5, 5.41) is 6.66. The van der Waals surface area contributed by atoms with Crippen molar-refractivity contribution in [3.63, 3.8) is 0 Å². The van der Waals surface area contributed by atoms with Crippen molar-refractivity contribution >= 4 is 29.9 Å². The van der Waals surface area contributed by atoms with E-state index >= 15 is 0 Å². The quantitative estimate of drug-likeness (QED) is 0.230. The second kappa shape index (κ2) is 15.7. The minimum atomic E-state index is -4.30. The van der Waals surface area contributed by atoms with Crippen molar-refractivity contribution in [3.05, 3.63) is 35.4 Å². The monoisotopic (exact) mass is 544 g/mol. The normalized spacial score (nSPS) is 13.1. The molecule has 0 saturated heterocycles. The van der Waals surface area contributed by atoms with Crippen LogP contribution < -0.4 is 10.6 Å². The van der Waals surface area contributed by atoms with Crippen molar-refractivity contribution in [1.29, 1.82) is 0 Å². The summed E-state index contributed by atoms with van der Waals surface area (Å²) >= 11 is 0. The number of nitrogens with zero attached hydrogens (tertiary/aromatic N) is 2. The van der Waals surface area contributed by atoms with Gasteiger partial charge in [0.05, 0.1) is 6.61 Å². The molecule has 0 heterocycles. The highest BCUT2D eigenvalue weighted by Crippen LogP contribution is 2.15. The fourth-order valence-corrected chi connectivity index (χ4v) is 2.88. The molecule has 5 nitrogen and oxygen atoms in total. The van der Waals surface area contributed by atoms with Crippen molar-refractivity contribution < 1.29 is 17.9 Å². The summed E-state index contributed by atoms with van der Waals surface area (Å²) in [4.78, 5) is 6.67. The summed E-state index contributed by atoms with van der Waals surface area (Å²) in [5.41, 5.74) is 1.73. The van der Waals surface area contributed by atoms with Gasteiger partial charge in [-0.15, -0.1) is 24.0 Å². The van der Waals surface area contributed by atoms with E-state index in [0.717, 1.165) is 44.0 Å². The molecule has 0 spiro atoms. The number of alkyl halides is 3. The van der Waals surface area contributed by atoms with Crippen molar-refractivity contribution in [2.75, 3.05) is 33.3 Å². The number of benzene rings is 1. The topological polar surface area (TPSA) is 48.9 Å². The van der Waals surface area contributed by atoms with Crippen LogP contribution in [0.15, 0.2) is 29.3 Å². The van der Waals surface area contributed by atoms with Gasteiger partial charge in [-0.2, -0.15) is 13.2 Å². The van der Waals surface area contributed by atoms with Crippen molar-refractivity contribution in [1.82, 2.24) is 15.5 Å². The van der Waals surface area contributed by atoms with Crippen molar-refractivity contribution in [2.45, 2.75) is 59.0 Å². The smallest absolute Gasteiger partial charge is 0.367 e. The zero-order valence-corrected chi connectivity index (χ0v) is 20.7. The molecule has 0 bridgehead atoms. The van der Waals surface area contributed by atoms with Gasteiger partial charge in [-0.25, -0.2) is 0 Å². The van der Waals surface area contributed by atoms with Gasteiger partial charge >= 0.3 is 6.18 Å². The molecule has 0 saturated carbocycles. The standard InChI is InChI=1S/C21H35F3N4O.HI/c1-5-28(6-2)13-7-8-17(3)27-20(25-4)26-14-18-9-11-19(12-10-18)15-29-16-21(22,23)24;/h9-12,17H,5-8,13-16H2,1-4H3,(H2,25,26,27);1H. The Balaban J connectivity index is 0.00000841. The van der Waals surface area contributed by atoms with Crippen LogP contribution in [0.4, 0.5) is 13.2 Å². The van der Waals surface area contributed by atoms with Crippen LogP contribution in [0.25, 0.3) is 0 Å². The third kappa shape index (κ3) is 13.3. The zero-order chi connectivity index (χ0) is 21.7. The van der Waals surface area contributed by atoms with E-state index in [4.69, 9.17) is 0 Å². The first-order valence-corrected chi connectivity index (χ1v) is 10.2. The number of hydrogen-bond donors (Lipinski definition) is 2. The predicted octanol–water partition coefficient (Wildman–Crippen LogP) is 4.56. The molecule has 174 valence electrons. The number of ether oxygens (including phenoxy) is 1. The molecule has 1 atom stereocenters. The fourth-order valence-electron chi connectivity index (χ4n) is 2.88. The Hall–Kier alpha value is -1.07. The number of nitrogens with one attached hydrogen (secondary N) is 2. The lowest BCUT2D eigenvalue weighted by Gasteiger charge is -2.21. The molecule has 1 unspecified atom stereocenters. The van der Waals surface area contributed by atoms with Gasteiger partial charge in [-0.05, 0) is 50.5 Å². The van der Waals surface area contributed by atoms with Crippen LogP contribution in [0.1, 0.15) is 44.7 Å². The van der Waals surface area contributed by atoms with Crippen molar-refractivity contribution in [3.8, 4) is 0 Å². The highest BCUT2D eigenvalue weighted by atomic mass is 127. The first kappa shape index (κ1) is 28.9. The molecule has 1 rings (SSSR count). The Labute approximate surface area is 195 Å². The summed E-state index contributed by atoms with van der Waals surface area (Å²) in [7, 11) is 1.74. The molecular weight excluding hydrogens is 508 g/mol. The lowest BCUT2D eigenvalue weighted by Crippen LogP contribution is -2.42.